The molecule has 2 aromatic carbocycles. The maximum atomic E-state index is 12.5. The van der Waals surface area contributed by atoms with Crippen LogP contribution >= 0.6 is 0 Å². The summed E-state index contributed by atoms with van der Waals surface area (Å²) < 4.78 is 5.38. The molecule has 0 saturated heterocycles. The second-order valence-corrected chi connectivity index (χ2v) is 7.83. The largest absolute Gasteiger partial charge is 0.466 e. The molecule has 2 aliphatic rings. The van der Waals surface area contributed by atoms with Gasteiger partial charge in [0.1, 0.15) is 0 Å². The van der Waals surface area contributed by atoms with E-state index in [4.69, 9.17) is 4.74 Å². The van der Waals surface area contributed by atoms with Crippen LogP contribution in [0.3, 0.4) is 0 Å². The first-order valence-electron chi connectivity index (χ1n) is 10.6. The summed E-state index contributed by atoms with van der Waals surface area (Å²) >= 11 is 0. The van der Waals surface area contributed by atoms with Crippen LogP contribution in [0.4, 0.5) is 0 Å². The Kier molecular flexibility index (Phi) is 6.16. The number of imide groups is 1. The van der Waals surface area contributed by atoms with E-state index in [0.717, 1.165) is 11.1 Å². The molecule has 0 bridgehead atoms. The Balaban J connectivity index is 1.26. The van der Waals surface area contributed by atoms with E-state index in [1.165, 1.54) is 11.8 Å². The van der Waals surface area contributed by atoms with Crippen LogP contribution in [0, 0.1) is 0 Å². The van der Waals surface area contributed by atoms with Gasteiger partial charge in [-0.2, -0.15) is 0 Å². The van der Waals surface area contributed by atoms with E-state index in [1.54, 1.807) is 35.4 Å². The zero-order chi connectivity index (χ0) is 22.7. The number of hydrogen-bond acceptors (Lipinski definition) is 5. The summed E-state index contributed by atoms with van der Waals surface area (Å²) in [7, 11) is 0. The zero-order valence-electron chi connectivity index (χ0n) is 17.8. The topological polar surface area (TPSA) is 84.0 Å². The first-order chi connectivity index (χ1) is 15.5. The molecule has 2 aromatic rings. The van der Waals surface area contributed by atoms with Crippen LogP contribution in [0.2, 0.25) is 0 Å². The number of amides is 3. The van der Waals surface area contributed by atoms with E-state index < -0.39 is 12.0 Å². The van der Waals surface area contributed by atoms with Crippen LogP contribution in [-0.2, 0) is 14.3 Å². The van der Waals surface area contributed by atoms with Gasteiger partial charge in [-0.1, -0.05) is 36.4 Å². The van der Waals surface area contributed by atoms with Gasteiger partial charge in [0, 0.05) is 19.7 Å². The maximum absolute atomic E-state index is 12.5. The maximum Gasteiger partial charge on any atom is 0.308 e. The standard InChI is InChI=1S/C25H24N2O5/c1-17(28)26-14-12-18-8-2-3-9-19(18)22(26)16-23(29)32-15-7-6-13-27-24(30)20-10-4-5-11-21(20)25(27)31/h2-5,8-12,14,22H,6-7,13,15-16H2,1H3/t22-/m0/s1. The molecule has 0 spiro atoms. The van der Waals surface area contributed by atoms with Crippen molar-refractivity contribution in [3.8, 4) is 0 Å². The summed E-state index contributed by atoms with van der Waals surface area (Å²) in [5.41, 5.74) is 2.75. The van der Waals surface area contributed by atoms with Gasteiger partial charge in [-0.3, -0.25) is 24.1 Å². The minimum absolute atomic E-state index is 0.0549. The van der Waals surface area contributed by atoms with E-state index in [1.807, 2.05) is 30.3 Å². The Morgan fingerprint density at radius 3 is 2.28 bits per heavy atom. The second kappa shape index (κ2) is 9.18. The van der Waals surface area contributed by atoms with Gasteiger partial charge in [-0.15, -0.1) is 0 Å². The van der Waals surface area contributed by atoms with Crippen molar-refractivity contribution in [2.45, 2.75) is 32.2 Å². The fraction of sp³-hybridized carbons (Fsp3) is 0.280. The highest BCUT2D eigenvalue weighted by Gasteiger charge is 2.34. The summed E-state index contributed by atoms with van der Waals surface area (Å²) in [6.07, 6.45) is 4.67. The number of nitrogens with zero attached hydrogens (tertiary/aromatic N) is 2. The number of benzene rings is 2. The van der Waals surface area contributed by atoms with Crippen LogP contribution in [-0.4, -0.2) is 46.6 Å². The summed E-state index contributed by atoms with van der Waals surface area (Å²) in [4.78, 5) is 52.0. The number of carbonyl (C=O) groups excluding carboxylic acids is 4. The van der Waals surface area contributed by atoms with E-state index in [-0.39, 0.29) is 37.3 Å². The first kappa shape index (κ1) is 21.5. The quantitative estimate of drug-likeness (QED) is 0.379. The van der Waals surface area contributed by atoms with Gasteiger partial charge >= 0.3 is 5.97 Å². The summed E-state index contributed by atoms with van der Waals surface area (Å²) in [6, 6.07) is 14.0. The average Bonchev–Trinajstić information content (AvgIpc) is 3.04. The summed E-state index contributed by atoms with van der Waals surface area (Å²) in [5.74, 6) is -1.10. The number of carbonyl (C=O) groups is 4. The van der Waals surface area contributed by atoms with Gasteiger partial charge in [0.15, 0.2) is 0 Å². The predicted molar refractivity (Wildman–Crippen MR) is 117 cm³/mol. The van der Waals surface area contributed by atoms with Crippen LogP contribution < -0.4 is 0 Å². The molecule has 32 heavy (non-hydrogen) atoms. The lowest BCUT2D eigenvalue weighted by atomic mass is 9.94. The van der Waals surface area contributed by atoms with Gasteiger partial charge in [0.2, 0.25) is 5.91 Å². The Bertz CT molecular complexity index is 1070. The average molecular weight is 432 g/mol. The van der Waals surface area contributed by atoms with Gasteiger partial charge in [-0.05, 0) is 42.2 Å². The molecule has 4 rings (SSSR count). The van der Waals surface area contributed by atoms with Crippen LogP contribution in [0.25, 0.3) is 6.08 Å². The zero-order valence-corrected chi connectivity index (χ0v) is 17.8. The van der Waals surface area contributed by atoms with Crippen LogP contribution in [0.1, 0.15) is 64.1 Å². The van der Waals surface area contributed by atoms with Gasteiger partial charge in [0.25, 0.3) is 11.8 Å². The molecule has 0 aliphatic carbocycles. The molecular weight excluding hydrogens is 408 g/mol. The van der Waals surface area contributed by atoms with Crippen molar-refractivity contribution < 1.29 is 23.9 Å². The van der Waals surface area contributed by atoms with E-state index in [0.29, 0.717) is 24.0 Å². The van der Waals surface area contributed by atoms with Crippen molar-refractivity contribution in [1.82, 2.24) is 9.80 Å². The molecule has 0 N–H and O–H groups in total. The summed E-state index contributed by atoms with van der Waals surface area (Å²) in [6.45, 7) is 1.94. The normalized spacial score (nSPS) is 16.7. The molecular formula is C25H24N2O5. The van der Waals surface area contributed by atoms with Crippen molar-refractivity contribution in [2.24, 2.45) is 0 Å². The fourth-order valence-corrected chi connectivity index (χ4v) is 4.13. The van der Waals surface area contributed by atoms with Gasteiger partial charge < -0.3 is 9.64 Å². The van der Waals surface area contributed by atoms with E-state index in [2.05, 4.69) is 0 Å². The number of rotatable bonds is 7. The number of unbranched alkanes of at least 4 members (excludes halogenated alkanes) is 1. The van der Waals surface area contributed by atoms with Crippen molar-refractivity contribution in [3.63, 3.8) is 0 Å². The van der Waals surface area contributed by atoms with Crippen LogP contribution in [0.5, 0.6) is 0 Å². The Morgan fingerprint density at radius 1 is 0.938 bits per heavy atom. The predicted octanol–water partition coefficient (Wildman–Crippen LogP) is 3.57. The Labute approximate surface area is 186 Å². The molecule has 1 atom stereocenters. The third-order valence-electron chi connectivity index (χ3n) is 5.75. The van der Waals surface area contributed by atoms with Crippen molar-refractivity contribution in [1.29, 1.82) is 0 Å². The van der Waals surface area contributed by atoms with Crippen molar-refractivity contribution >= 4 is 29.8 Å². The molecule has 0 radical (unpaired) electrons. The third kappa shape index (κ3) is 4.19. The molecule has 0 fully saturated rings. The highest BCUT2D eigenvalue weighted by molar-refractivity contribution is 6.21. The number of fused-ring (bicyclic) bond motifs is 2. The van der Waals surface area contributed by atoms with E-state index >= 15 is 0 Å². The Hall–Kier alpha value is -3.74. The number of ether oxygens (including phenoxy) is 1. The second-order valence-electron chi connectivity index (χ2n) is 7.83. The molecule has 164 valence electrons. The lowest BCUT2D eigenvalue weighted by Gasteiger charge is -2.32. The molecule has 7 nitrogen and oxygen atoms in total. The smallest absolute Gasteiger partial charge is 0.308 e. The molecule has 0 unspecified atom stereocenters. The molecule has 2 heterocycles. The molecule has 3 amide bonds. The SMILES string of the molecule is CC(=O)N1C=Cc2ccccc2[C@@H]1CC(=O)OCCCCN1C(=O)c2ccccc2C1=O. The van der Waals surface area contributed by atoms with Crippen molar-refractivity contribution in [2.75, 3.05) is 13.2 Å². The lowest BCUT2D eigenvalue weighted by Crippen LogP contribution is -2.32. The number of esters is 1. The highest BCUT2D eigenvalue weighted by Crippen LogP contribution is 2.33. The van der Waals surface area contributed by atoms with Gasteiger partial charge in [0.05, 0.1) is 30.2 Å². The third-order valence-corrected chi connectivity index (χ3v) is 5.75. The monoisotopic (exact) mass is 432 g/mol. The molecule has 7 heteroatoms. The molecule has 0 saturated carbocycles. The van der Waals surface area contributed by atoms with Crippen molar-refractivity contribution in [3.05, 3.63) is 77.0 Å². The Morgan fingerprint density at radius 2 is 1.59 bits per heavy atom. The molecule has 2 aliphatic heterocycles. The highest BCUT2D eigenvalue weighted by atomic mass is 16.5. The van der Waals surface area contributed by atoms with Crippen LogP contribution in [0.15, 0.2) is 54.7 Å². The fourth-order valence-electron chi connectivity index (χ4n) is 4.13. The number of hydrogen-bond donors (Lipinski definition) is 0. The minimum Gasteiger partial charge on any atom is -0.466 e. The van der Waals surface area contributed by atoms with E-state index in [9.17, 15) is 19.2 Å². The lowest BCUT2D eigenvalue weighted by molar-refractivity contribution is -0.145. The minimum atomic E-state index is -0.403. The van der Waals surface area contributed by atoms with Gasteiger partial charge in [-0.25, -0.2) is 0 Å². The molecule has 0 aromatic heterocycles. The summed E-state index contributed by atoms with van der Waals surface area (Å²) in [5, 5.41) is 0. The first-order valence-corrected chi connectivity index (χ1v) is 10.6.